The molecule has 7 nitrogen and oxygen atoms in total. The van der Waals surface area contributed by atoms with Crippen LogP contribution in [-0.4, -0.2) is 43.1 Å². The molecule has 0 aliphatic heterocycles. The third-order valence-corrected chi connectivity index (χ3v) is 2.87. The van der Waals surface area contributed by atoms with Crippen LogP contribution < -0.4 is 15.4 Å². The molecule has 0 heterocycles. The molecule has 3 N–H and O–H groups in total. The van der Waals surface area contributed by atoms with Crippen LogP contribution in [0.3, 0.4) is 0 Å². The SMILES string of the molecule is COc1c(Cl)cc(C(=O)NCC(=O)NCC(=O)O)cc1Cl. The summed E-state index contributed by atoms with van der Waals surface area (Å²) in [7, 11) is 1.39. The van der Waals surface area contributed by atoms with Gasteiger partial charge in [0.2, 0.25) is 5.91 Å². The van der Waals surface area contributed by atoms with Crippen molar-refractivity contribution in [2.45, 2.75) is 0 Å². The average Bonchev–Trinajstić information content (AvgIpc) is 2.42. The summed E-state index contributed by atoms with van der Waals surface area (Å²) >= 11 is 11.8. The van der Waals surface area contributed by atoms with E-state index >= 15 is 0 Å². The second-order valence-corrected chi connectivity index (χ2v) is 4.64. The number of carboxylic acid groups (broad SMARTS) is 1. The quantitative estimate of drug-likeness (QED) is 0.717. The fraction of sp³-hybridized carbons (Fsp3) is 0.250. The molecule has 0 aliphatic carbocycles. The molecule has 0 fully saturated rings. The van der Waals surface area contributed by atoms with Crippen LogP contribution in [0.15, 0.2) is 12.1 Å². The summed E-state index contributed by atoms with van der Waals surface area (Å²) in [4.78, 5) is 33.3. The lowest BCUT2D eigenvalue weighted by Crippen LogP contribution is -2.39. The topological polar surface area (TPSA) is 105 Å². The molecular formula is C12H12Cl2N2O5. The molecule has 0 saturated carbocycles. The van der Waals surface area contributed by atoms with Crippen molar-refractivity contribution in [1.29, 1.82) is 0 Å². The summed E-state index contributed by atoms with van der Waals surface area (Å²) in [6, 6.07) is 2.69. The maximum Gasteiger partial charge on any atom is 0.322 e. The number of hydrogen-bond donors (Lipinski definition) is 3. The van der Waals surface area contributed by atoms with Gasteiger partial charge >= 0.3 is 5.97 Å². The number of carbonyl (C=O) groups is 3. The van der Waals surface area contributed by atoms with Crippen molar-refractivity contribution in [2.24, 2.45) is 0 Å². The molecule has 21 heavy (non-hydrogen) atoms. The summed E-state index contributed by atoms with van der Waals surface area (Å²) in [5.74, 6) is -2.14. The van der Waals surface area contributed by atoms with E-state index in [2.05, 4.69) is 10.6 Å². The van der Waals surface area contributed by atoms with Crippen molar-refractivity contribution in [3.8, 4) is 5.75 Å². The number of methoxy groups -OCH3 is 1. The Bertz CT molecular complexity index is 554. The Kier molecular flexibility index (Phi) is 6.26. The van der Waals surface area contributed by atoms with Gasteiger partial charge in [-0.25, -0.2) is 0 Å². The van der Waals surface area contributed by atoms with Gasteiger partial charge in [-0.1, -0.05) is 23.2 Å². The number of amides is 2. The maximum absolute atomic E-state index is 11.8. The Hall–Kier alpha value is -1.99. The average molecular weight is 335 g/mol. The van der Waals surface area contributed by atoms with E-state index in [1.54, 1.807) is 0 Å². The van der Waals surface area contributed by atoms with Gasteiger partial charge in [0.05, 0.1) is 23.7 Å². The smallest absolute Gasteiger partial charge is 0.322 e. The highest BCUT2D eigenvalue weighted by Crippen LogP contribution is 2.33. The van der Waals surface area contributed by atoms with Crippen molar-refractivity contribution >= 4 is 41.0 Å². The monoisotopic (exact) mass is 334 g/mol. The first-order valence-corrected chi connectivity index (χ1v) is 6.40. The lowest BCUT2D eigenvalue weighted by atomic mass is 10.2. The molecule has 0 bridgehead atoms. The third kappa shape index (κ3) is 5.13. The standard InChI is InChI=1S/C12H12Cl2N2O5/c1-21-11-7(13)2-6(3-8(11)14)12(20)16-4-9(17)15-5-10(18)19/h2-3H,4-5H2,1H3,(H,15,17)(H,16,20)(H,18,19). The highest BCUT2D eigenvalue weighted by molar-refractivity contribution is 6.37. The molecule has 0 aliphatic rings. The van der Waals surface area contributed by atoms with Gasteiger partial charge in [0, 0.05) is 5.56 Å². The van der Waals surface area contributed by atoms with E-state index in [0.29, 0.717) is 0 Å². The lowest BCUT2D eigenvalue weighted by Gasteiger charge is -2.09. The Balaban J connectivity index is 2.64. The predicted molar refractivity (Wildman–Crippen MR) is 76.0 cm³/mol. The van der Waals surface area contributed by atoms with Crippen molar-refractivity contribution < 1.29 is 24.2 Å². The first-order valence-electron chi connectivity index (χ1n) is 5.65. The van der Waals surface area contributed by atoms with E-state index in [9.17, 15) is 14.4 Å². The Labute approximate surface area is 130 Å². The lowest BCUT2D eigenvalue weighted by molar-refractivity contribution is -0.137. The molecule has 0 saturated heterocycles. The minimum Gasteiger partial charge on any atom is -0.494 e. The number of benzene rings is 1. The molecule has 0 atom stereocenters. The molecule has 0 spiro atoms. The Morgan fingerprint density at radius 3 is 2.19 bits per heavy atom. The van der Waals surface area contributed by atoms with Crippen LogP contribution in [0.2, 0.25) is 10.0 Å². The van der Waals surface area contributed by atoms with Gasteiger partial charge < -0.3 is 20.5 Å². The molecular weight excluding hydrogens is 323 g/mol. The van der Waals surface area contributed by atoms with E-state index in [1.165, 1.54) is 19.2 Å². The van der Waals surface area contributed by atoms with Crippen molar-refractivity contribution in [2.75, 3.05) is 20.2 Å². The summed E-state index contributed by atoms with van der Waals surface area (Å²) < 4.78 is 4.95. The van der Waals surface area contributed by atoms with Crippen LogP contribution in [0.5, 0.6) is 5.75 Å². The van der Waals surface area contributed by atoms with Crippen LogP contribution >= 0.6 is 23.2 Å². The zero-order valence-corrected chi connectivity index (χ0v) is 12.4. The second kappa shape index (κ2) is 7.70. The van der Waals surface area contributed by atoms with Gasteiger partial charge in [-0.2, -0.15) is 0 Å². The molecule has 1 rings (SSSR count). The molecule has 114 valence electrons. The van der Waals surface area contributed by atoms with Gasteiger partial charge in [0.25, 0.3) is 5.91 Å². The summed E-state index contributed by atoms with van der Waals surface area (Å²) in [6.45, 7) is -0.887. The van der Waals surface area contributed by atoms with Crippen molar-refractivity contribution in [3.63, 3.8) is 0 Å². The highest BCUT2D eigenvalue weighted by Gasteiger charge is 2.14. The zero-order chi connectivity index (χ0) is 16.0. The van der Waals surface area contributed by atoms with Crippen LogP contribution in [0.25, 0.3) is 0 Å². The van der Waals surface area contributed by atoms with Crippen LogP contribution in [0.4, 0.5) is 0 Å². The van der Waals surface area contributed by atoms with Crippen LogP contribution in [0.1, 0.15) is 10.4 Å². The number of carboxylic acids is 1. The maximum atomic E-state index is 11.8. The Morgan fingerprint density at radius 2 is 1.71 bits per heavy atom. The third-order valence-electron chi connectivity index (χ3n) is 2.31. The first kappa shape index (κ1) is 17.1. The van der Waals surface area contributed by atoms with E-state index in [-0.39, 0.29) is 27.9 Å². The van der Waals surface area contributed by atoms with Gasteiger partial charge in [-0.3, -0.25) is 14.4 Å². The summed E-state index contributed by atoms with van der Waals surface area (Å²) in [5, 5.41) is 13.1. The van der Waals surface area contributed by atoms with E-state index in [4.69, 9.17) is 33.0 Å². The van der Waals surface area contributed by atoms with Gasteiger partial charge in [0.15, 0.2) is 5.75 Å². The van der Waals surface area contributed by atoms with E-state index in [0.717, 1.165) is 0 Å². The molecule has 0 aromatic heterocycles. The minimum atomic E-state index is -1.18. The highest BCUT2D eigenvalue weighted by atomic mass is 35.5. The fourth-order valence-electron chi connectivity index (χ4n) is 1.39. The van der Waals surface area contributed by atoms with Crippen LogP contribution in [-0.2, 0) is 9.59 Å². The van der Waals surface area contributed by atoms with Crippen molar-refractivity contribution in [1.82, 2.24) is 10.6 Å². The minimum absolute atomic E-state index is 0.150. The number of aliphatic carboxylic acids is 1. The fourth-order valence-corrected chi connectivity index (χ4v) is 2.03. The predicted octanol–water partition coefficient (Wildman–Crippen LogP) is 0.933. The first-order chi connectivity index (χ1) is 9.85. The van der Waals surface area contributed by atoms with Crippen LogP contribution in [0, 0.1) is 0 Å². The molecule has 0 unspecified atom stereocenters. The second-order valence-electron chi connectivity index (χ2n) is 3.83. The Morgan fingerprint density at radius 1 is 1.14 bits per heavy atom. The number of ether oxygens (including phenoxy) is 1. The molecule has 0 radical (unpaired) electrons. The largest absolute Gasteiger partial charge is 0.494 e. The normalized spacial score (nSPS) is 9.86. The molecule has 1 aromatic carbocycles. The molecule has 2 amide bonds. The number of hydrogen-bond acceptors (Lipinski definition) is 4. The molecule has 1 aromatic rings. The number of halogens is 2. The number of rotatable bonds is 6. The zero-order valence-electron chi connectivity index (χ0n) is 10.9. The van der Waals surface area contributed by atoms with Gasteiger partial charge in [0.1, 0.15) is 6.54 Å². The number of carbonyl (C=O) groups excluding carboxylic acids is 2. The van der Waals surface area contributed by atoms with Gasteiger partial charge in [-0.15, -0.1) is 0 Å². The number of nitrogens with one attached hydrogen (secondary N) is 2. The molecule has 9 heteroatoms. The summed E-state index contributed by atoms with van der Waals surface area (Å²) in [6.07, 6.45) is 0. The van der Waals surface area contributed by atoms with E-state index in [1.807, 2.05) is 0 Å². The van der Waals surface area contributed by atoms with Crippen molar-refractivity contribution in [3.05, 3.63) is 27.7 Å². The van der Waals surface area contributed by atoms with Gasteiger partial charge in [-0.05, 0) is 12.1 Å². The van der Waals surface area contributed by atoms with E-state index < -0.39 is 24.3 Å². The summed E-state index contributed by atoms with van der Waals surface area (Å²) in [5.41, 5.74) is 0.150.